The average Bonchev–Trinajstić information content (AvgIpc) is 2.57. The van der Waals surface area contributed by atoms with Gasteiger partial charge in [-0.05, 0) is 60.8 Å². The molecule has 0 aliphatic carbocycles. The second kappa shape index (κ2) is 10.9. The molecular formula is C17H26BrClN2O3. The zero-order valence-corrected chi connectivity index (χ0v) is 16.4. The summed E-state index contributed by atoms with van der Waals surface area (Å²) in [4.78, 5) is 14.4. The molecule has 1 aliphatic heterocycles. The molecule has 2 rings (SSSR count). The molecule has 1 heterocycles. The summed E-state index contributed by atoms with van der Waals surface area (Å²) in [5.41, 5.74) is 5.46. The highest BCUT2D eigenvalue weighted by atomic mass is 79.9. The van der Waals surface area contributed by atoms with Gasteiger partial charge in [0.2, 0.25) is 0 Å². The lowest BCUT2D eigenvalue weighted by Gasteiger charge is -2.33. The van der Waals surface area contributed by atoms with Crippen molar-refractivity contribution in [3.8, 4) is 5.75 Å². The van der Waals surface area contributed by atoms with Crippen LogP contribution in [0, 0.1) is 0 Å². The summed E-state index contributed by atoms with van der Waals surface area (Å²) in [6, 6.07) is 7.56. The van der Waals surface area contributed by atoms with Gasteiger partial charge in [0.25, 0.3) is 5.91 Å². The summed E-state index contributed by atoms with van der Waals surface area (Å²) in [7, 11) is 0. The molecule has 1 unspecified atom stereocenters. The van der Waals surface area contributed by atoms with E-state index < -0.39 is 6.10 Å². The summed E-state index contributed by atoms with van der Waals surface area (Å²) in [6.07, 6.45) is 2.38. The topological polar surface area (TPSA) is 64.8 Å². The van der Waals surface area contributed by atoms with Crippen molar-refractivity contribution >= 4 is 34.2 Å². The molecule has 0 spiro atoms. The third kappa shape index (κ3) is 6.24. The van der Waals surface area contributed by atoms with Crippen LogP contribution in [0.15, 0.2) is 28.7 Å². The van der Waals surface area contributed by atoms with Crippen LogP contribution in [0.25, 0.3) is 0 Å². The molecule has 24 heavy (non-hydrogen) atoms. The van der Waals surface area contributed by atoms with E-state index in [1.54, 1.807) is 6.92 Å². The number of nitrogens with two attached hydrogens (primary N) is 1. The van der Waals surface area contributed by atoms with Crippen molar-refractivity contribution in [2.75, 3.05) is 26.2 Å². The Kier molecular flexibility index (Phi) is 9.66. The lowest BCUT2D eigenvalue weighted by Crippen LogP contribution is -2.46. The Bertz CT molecular complexity index is 510. The number of piperidine rings is 1. The number of amides is 1. The van der Waals surface area contributed by atoms with E-state index in [9.17, 15) is 4.79 Å². The van der Waals surface area contributed by atoms with Gasteiger partial charge >= 0.3 is 0 Å². The first-order chi connectivity index (χ1) is 11.1. The van der Waals surface area contributed by atoms with Gasteiger partial charge in [0, 0.05) is 19.7 Å². The molecule has 1 aliphatic rings. The zero-order valence-electron chi connectivity index (χ0n) is 13.9. The average molecular weight is 422 g/mol. The van der Waals surface area contributed by atoms with Crippen LogP contribution in [-0.4, -0.2) is 49.3 Å². The molecule has 0 bridgehead atoms. The molecule has 2 N–H and O–H groups in total. The number of carbonyl (C=O) groups excluding carboxylic acids is 1. The molecule has 1 atom stereocenters. The summed E-state index contributed by atoms with van der Waals surface area (Å²) < 4.78 is 12.4. The minimum atomic E-state index is -0.497. The van der Waals surface area contributed by atoms with E-state index >= 15 is 0 Å². The predicted molar refractivity (Wildman–Crippen MR) is 101 cm³/mol. The van der Waals surface area contributed by atoms with Gasteiger partial charge in [0.05, 0.1) is 10.6 Å². The Morgan fingerprint density at radius 3 is 2.67 bits per heavy atom. The van der Waals surface area contributed by atoms with Crippen LogP contribution in [0.2, 0.25) is 0 Å². The highest BCUT2D eigenvalue weighted by Crippen LogP contribution is 2.25. The molecule has 5 nitrogen and oxygen atoms in total. The van der Waals surface area contributed by atoms with Crippen LogP contribution < -0.4 is 10.5 Å². The van der Waals surface area contributed by atoms with Crippen molar-refractivity contribution in [1.29, 1.82) is 0 Å². The number of likely N-dealkylation sites (tertiary alicyclic amines) is 1. The first-order valence-electron chi connectivity index (χ1n) is 8.13. The Morgan fingerprint density at radius 1 is 1.38 bits per heavy atom. The quantitative estimate of drug-likeness (QED) is 0.687. The lowest BCUT2D eigenvalue weighted by atomic mass is 10.1. The molecule has 1 amide bonds. The van der Waals surface area contributed by atoms with E-state index in [0.29, 0.717) is 18.9 Å². The van der Waals surface area contributed by atoms with Crippen molar-refractivity contribution in [3.63, 3.8) is 0 Å². The first-order valence-corrected chi connectivity index (χ1v) is 8.92. The number of nitrogens with zero attached hydrogens (tertiary/aromatic N) is 1. The standard InChI is InChI=1S/C17H25BrN2O3.ClH/c1-13(23-16-6-3-2-5-15(16)18)17(21)20-10-7-14(8-11-20)22-12-4-9-19;/h2-3,5-6,13-14H,4,7-12,19H2,1H3;1H. The lowest BCUT2D eigenvalue weighted by molar-refractivity contribution is -0.140. The van der Waals surface area contributed by atoms with Gasteiger partial charge in [-0.15, -0.1) is 12.4 Å². The number of ether oxygens (including phenoxy) is 2. The fourth-order valence-electron chi connectivity index (χ4n) is 2.61. The summed E-state index contributed by atoms with van der Waals surface area (Å²) in [6.45, 7) is 4.59. The maximum Gasteiger partial charge on any atom is 0.263 e. The number of hydrogen-bond acceptors (Lipinski definition) is 4. The maximum atomic E-state index is 12.5. The van der Waals surface area contributed by atoms with Crippen LogP contribution in [0.1, 0.15) is 26.2 Å². The molecule has 136 valence electrons. The van der Waals surface area contributed by atoms with Gasteiger partial charge in [0.15, 0.2) is 6.10 Å². The summed E-state index contributed by atoms with van der Waals surface area (Å²) >= 11 is 3.43. The van der Waals surface area contributed by atoms with Gasteiger partial charge < -0.3 is 20.1 Å². The third-order valence-electron chi connectivity index (χ3n) is 3.94. The van der Waals surface area contributed by atoms with E-state index in [4.69, 9.17) is 15.2 Å². The summed E-state index contributed by atoms with van der Waals surface area (Å²) in [5.74, 6) is 0.717. The second-order valence-corrected chi connectivity index (χ2v) is 6.58. The minimum absolute atomic E-state index is 0. The van der Waals surface area contributed by atoms with Crippen molar-refractivity contribution in [2.24, 2.45) is 5.73 Å². The second-order valence-electron chi connectivity index (χ2n) is 5.73. The molecule has 1 fully saturated rings. The van der Waals surface area contributed by atoms with E-state index in [2.05, 4.69) is 15.9 Å². The van der Waals surface area contributed by atoms with Gasteiger partial charge in [-0.25, -0.2) is 0 Å². The highest BCUT2D eigenvalue weighted by Gasteiger charge is 2.27. The minimum Gasteiger partial charge on any atom is -0.480 e. The Morgan fingerprint density at radius 2 is 2.04 bits per heavy atom. The van der Waals surface area contributed by atoms with Crippen LogP contribution in [-0.2, 0) is 9.53 Å². The van der Waals surface area contributed by atoms with Crippen molar-refractivity contribution < 1.29 is 14.3 Å². The van der Waals surface area contributed by atoms with Gasteiger partial charge in [-0.1, -0.05) is 12.1 Å². The predicted octanol–water partition coefficient (Wildman–Crippen LogP) is 2.99. The summed E-state index contributed by atoms with van der Waals surface area (Å²) in [5, 5.41) is 0. The highest BCUT2D eigenvalue weighted by molar-refractivity contribution is 9.10. The smallest absolute Gasteiger partial charge is 0.263 e. The van der Waals surface area contributed by atoms with Gasteiger partial charge in [-0.2, -0.15) is 0 Å². The van der Waals surface area contributed by atoms with Crippen LogP contribution in [0.4, 0.5) is 0 Å². The van der Waals surface area contributed by atoms with E-state index in [0.717, 1.165) is 36.8 Å². The number of rotatable bonds is 7. The van der Waals surface area contributed by atoms with E-state index in [1.807, 2.05) is 29.2 Å². The SMILES string of the molecule is CC(Oc1ccccc1Br)C(=O)N1CCC(OCCCN)CC1.Cl. The number of benzene rings is 1. The number of carbonyl (C=O) groups is 1. The third-order valence-corrected chi connectivity index (χ3v) is 4.60. The molecule has 1 saturated heterocycles. The van der Waals surface area contributed by atoms with Crippen LogP contribution in [0.5, 0.6) is 5.75 Å². The first kappa shape index (κ1) is 21.2. The van der Waals surface area contributed by atoms with E-state index in [1.165, 1.54) is 0 Å². The molecule has 1 aromatic carbocycles. The molecule has 1 aromatic rings. The Hall–Kier alpha value is -0.820. The monoisotopic (exact) mass is 420 g/mol. The largest absolute Gasteiger partial charge is 0.480 e. The Labute approximate surface area is 158 Å². The fraction of sp³-hybridized carbons (Fsp3) is 0.588. The fourth-order valence-corrected chi connectivity index (χ4v) is 2.99. The zero-order chi connectivity index (χ0) is 16.7. The maximum absolute atomic E-state index is 12.5. The molecule has 0 saturated carbocycles. The Balaban J connectivity index is 0.00000288. The molecule has 7 heteroatoms. The van der Waals surface area contributed by atoms with Crippen LogP contribution >= 0.6 is 28.3 Å². The number of halogens is 2. The van der Waals surface area contributed by atoms with Gasteiger partial charge in [0.1, 0.15) is 5.75 Å². The van der Waals surface area contributed by atoms with Crippen molar-refractivity contribution in [2.45, 2.75) is 38.4 Å². The molecule has 0 radical (unpaired) electrons. The normalized spacial score (nSPS) is 16.4. The number of hydrogen-bond donors (Lipinski definition) is 1. The van der Waals surface area contributed by atoms with Crippen molar-refractivity contribution in [1.82, 2.24) is 4.90 Å². The molecule has 0 aromatic heterocycles. The van der Waals surface area contributed by atoms with Gasteiger partial charge in [-0.3, -0.25) is 4.79 Å². The van der Waals surface area contributed by atoms with Crippen molar-refractivity contribution in [3.05, 3.63) is 28.7 Å². The number of para-hydroxylation sites is 1. The van der Waals surface area contributed by atoms with Crippen LogP contribution in [0.3, 0.4) is 0 Å². The van der Waals surface area contributed by atoms with E-state index in [-0.39, 0.29) is 24.4 Å². The molecular weight excluding hydrogens is 396 g/mol.